The fraction of sp³-hybridized carbons (Fsp3) is 0.350. The lowest BCUT2D eigenvalue weighted by molar-refractivity contribution is -0.122. The number of hydrogen-bond acceptors (Lipinski definition) is 6. The first kappa shape index (κ1) is 23.3. The first-order chi connectivity index (χ1) is 14.1. The molecule has 10 heteroatoms. The summed E-state index contributed by atoms with van der Waals surface area (Å²) in [5.74, 6) is 0.0460. The number of rotatable bonds is 9. The molecule has 0 heterocycles. The summed E-state index contributed by atoms with van der Waals surface area (Å²) in [5.41, 5.74) is 0.663. The van der Waals surface area contributed by atoms with Gasteiger partial charge in [-0.25, -0.2) is 12.8 Å². The van der Waals surface area contributed by atoms with E-state index in [4.69, 9.17) is 14.2 Å². The van der Waals surface area contributed by atoms with Crippen molar-refractivity contribution in [3.63, 3.8) is 0 Å². The van der Waals surface area contributed by atoms with Crippen LogP contribution >= 0.6 is 0 Å². The second-order valence-electron chi connectivity index (χ2n) is 6.43. The minimum Gasteiger partial charge on any atom is -0.493 e. The maximum atomic E-state index is 13.6. The van der Waals surface area contributed by atoms with Crippen molar-refractivity contribution >= 4 is 21.6 Å². The number of ether oxygens (including phenoxy) is 3. The molecule has 0 radical (unpaired) electrons. The highest BCUT2D eigenvalue weighted by atomic mass is 32.2. The molecular formula is C20H25FN2O6S. The van der Waals surface area contributed by atoms with Gasteiger partial charge >= 0.3 is 0 Å². The van der Waals surface area contributed by atoms with Crippen LogP contribution in [0.25, 0.3) is 0 Å². The van der Waals surface area contributed by atoms with E-state index >= 15 is 0 Å². The topological polar surface area (TPSA) is 94.2 Å². The Hall–Kier alpha value is -3.01. The van der Waals surface area contributed by atoms with Crippen molar-refractivity contribution < 1.29 is 31.8 Å². The lowest BCUT2D eigenvalue weighted by Gasteiger charge is -2.28. The maximum absolute atomic E-state index is 13.6. The van der Waals surface area contributed by atoms with E-state index in [0.29, 0.717) is 22.8 Å². The fourth-order valence-electron chi connectivity index (χ4n) is 3.05. The Morgan fingerprint density at radius 1 is 1.10 bits per heavy atom. The van der Waals surface area contributed by atoms with Crippen molar-refractivity contribution in [3.05, 3.63) is 47.8 Å². The zero-order chi connectivity index (χ0) is 22.5. The van der Waals surface area contributed by atoms with Crippen LogP contribution in [0.3, 0.4) is 0 Å². The van der Waals surface area contributed by atoms with Crippen LogP contribution in [0.4, 0.5) is 10.1 Å². The quantitative estimate of drug-likeness (QED) is 0.643. The summed E-state index contributed by atoms with van der Waals surface area (Å²) in [6.07, 6.45) is 0.957. The van der Waals surface area contributed by atoms with E-state index in [1.807, 2.05) is 0 Å². The van der Waals surface area contributed by atoms with Gasteiger partial charge in [0.05, 0.1) is 33.3 Å². The van der Waals surface area contributed by atoms with E-state index in [2.05, 4.69) is 5.32 Å². The van der Waals surface area contributed by atoms with E-state index in [9.17, 15) is 17.6 Å². The molecule has 30 heavy (non-hydrogen) atoms. The molecule has 2 rings (SSSR count). The third kappa shape index (κ3) is 5.12. The van der Waals surface area contributed by atoms with Crippen LogP contribution in [0.2, 0.25) is 0 Å². The molecule has 2 aromatic rings. The lowest BCUT2D eigenvalue weighted by Crippen LogP contribution is -2.47. The highest BCUT2D eigenvalue weighted by molar-refractivity contribution is 7.92. The SMILES string of the molecule is COc1ccc(CNC(=O)[C@@H](C)N(c2cccc(F)c2)S(C)(=O)=O)c(OC)c1OC. The zero-order valence-corrected chi connectivity index (χ0v) is 18.2. The van der Waals surface area contributed by atoms with E-state index in [0.717, 1.165) is 16.6 Å². The van der Waals surface area contributed by atoms with Crippen LogP contribution in [-0.4, -0.2) is 48.0 Å². The highest BCUT2D eigenvalue weighted by Crippen LogP contribution is 2.39. The molecule has 0 fully saturated rings. The van der Waals surface area contributed by atoms with Crippen molar-refractivity contribution in [1.29, 1.82) is 0 Å². The smallest absolute Gasteiger partial charge is 0.243 e. The standard InChI is InChI=1S/C20H25FN2O6S/c1-13(23(30(5,25)26)16-8-6-7-15(21)11-16)20(24)22-12-14-9-10-17(27-2)19(29-4)18(14)28-3/h6-11,13H,12H2,1-5H3,(H,22,24)/t13-/m1/s1. The molecule has 0 unspecified atom stereocenters. The summed E-state index contributed by atoms with van der Waals surface area (Å²) in [7, 11) is 0.568. The molecule has 0 saturated carbocycles. The van der Waals surface area contributed by atoms with Gasteiger partial charge < -0.3 is 19.5 Å². The first-order valence-corrected chi connectivity index (χ1v) is 10.8. The number of hydrogen-bond donors (Lipinski definition) is 1. The zero-order valence-electron chi connectivity index (χ0n) is 17.4. The van der Waals surface area contributed by atoms with E-state index in [1.54, 1.807) is 12.1 Å². The molecule has 1 atom stereocenters. The molecule has 0 aliphatic carbocycles. The van der Waals surface area contributed by atoms with Gasteiger partial charge in [0.25, 0.3) is 0 Å². The highest BCUT2D eigenvalue weighted by Gasteiger charge is 2.29. The van der Waals surface area contributed by atoms with Gasteiger partial charge in [0.2, 0.25) is 21.7 Å². The number of sulfonamides is 1. The largest absolute Gasteiger partial charge is 0.493 e. The molecular weight excluding hydrogens is 415 g/mol. The Morgan fingerprint density at radius 3 is 2.30 bits per heavy atom. The summed E-state index contributed by atoms with van der Waals surface area (Å²) in [6, 6.07) is 7.30. The van der Waals surface area contributed by atoms with Gasteiger partial charge in [0.1, 0.15) is 11.9 Å². The van der Waals surface area contributed by atoms with Gasteiger partial charge in [-0.2, -0.15) is 0 Å². The molecule has 164 valence electrons. The monoisotopic (exact) mass is 440 g/mol. The van der Waals surface area contributed by atoms with Gasteiger partial charge in [-0.05, 0) is 37.3 Å². The Bertz CT molecular complexity index is 1010. The van der Waals surface area contributed by atoms with Gasteiger partial charge in [-0.1, -0.05) is 6.07 Å². The predicted molar refractivity (Wildman–Crippen MR) is 111 cm³/mol. The summed E-state index contributed by atoms with van der Waals surface area (Å²) in [5, 5.41) is 2.68. The molecule has 0 aliphatic rings. The number of anilines is 1. The number of nitrogens with one attached hydrogen (secondary N) is 1. The Morgan fingerprint density at radius 2 is 1.77 bits per heavy atom. The number of halogens is 1. The average molecular weight is 440 g/mol. The second kappa shape index (κ2) is 9.66. The van der Waals surface area contributed by atoms with Crippen LogP contribution < -0.4 is 23.8 Å². The number of amides is 1. The minimum atomic E-state index is -3.85. The lowest BCUT2D eigenvalue weighted by atomic mass is 10.1. The average Bonchev–Trinajstić information content (AvgIpc) is 2.70. The third-order valence-electron chi connectivity index (χ3n) is 4.39. The number of carbonyl (C=O) groups is 1. The summed E-state index contributed by atoms with van der Waals surface area (Å²) in [6.45, 7) is 1.47. The summed E-state index contributed by atoms with van der Waals surface area (Å²) >= 11 is 0. The number of methoxy groups -OCH3 is 3. The minimum absolute atomic E-state index is 0.0491. The number of benzene rings is 2. The molecule has 2 aromatic carbocycles. The molecule has 0 aromatic heterocycles. The third-order valence-corrected chi connectivity index (χ3v) is 5.63. The van der Waals surface area contributed by atoms with Crippen LogP contribution in [0.1, 0.15) is 12.5 Å². The molecule has 8 nitrogen and oxygen atoms in total. The van der Waals surface area contributed by atoms with Gasteiger partial charge in [0.15, 0.2) is 11.5 Å². The Labute approximate surface area is 175 Å². The van der Waals surface area contributed by atoms with Crippen molar-refractivity contribution in [2.45, 2.75) is 19.5 Å². The van der Waals surface area contributed by atoms with E-state index in [1.165, 1.54) is 46.5 Å². The van der Waals surface area contributed by atoms with Crippen molar-refractivity contribution in [2.75, 3.05) is 31.9 Å². The first-order valence-electron chi connectivity index (χ1n) is 8.94. The van der Waals surface area contributed by atoms with Crippen LogP contribution in [0.5, 0.6) is 17.2 Å². The Balaban J connectivity index is 2.26. The van der Waals surface area contributed by atoms with Gasteiger partial charge in [0, 0.05) is 12.1 Å². The van der Waals surface area contributed by atoms with E-state index < -0.39 is 27.8 Å². The second-order valence-corrected chi connectivity index (χ2v) is 8.29. The molecule has 0 spiro atoms. The fourth-order valence-corrected chi connectivity index (χ4v) is 4.22. The number of nitrogens with zero attached hydrogens (tertiary/aromatic N) is 1. The van der Waals surface area contributed by atoms with E-state index in [-0.39, 0.29) is 12.2 Å². The molecule has 1 N–H and O–H groups in total. The Kier molecular flexibility index (Phi) is 7.49. The normalized spacial score (nSPS) is 12.1. The summed E-state index contributed by atoms with van der Waals surface area (Å²) < 4.78 is 55.0. The van der Waals surface area contributed by atoms with Crippen LogP contribution in [-0.2, 0) is 21.4 Å². The van der Waals surface area contributed by atoms with Crippen LogP contribution in [0, 0.1) is 5.82 Å². The van der Waals surface area contributed by atoms with Crippen molar-refractivity contribution in [2.24, 2.45) is 0 Å². The molecule has 1 amide bonds. The van der Waals surface area contributed by atoms with Gasteiger partial charge in [-0.15, -0.1) is 0 Å². The molecule has 0 saturated heterocycles. The summed E-state index contributed by atoms with van der Waals surface area (Å²) in [4.78, 5) is 12.7. The predicted octanol–water partition coefficient (Wildman–Crippen LogP) is 2.32. The maximum Gasteiger partial charge on any atom is 0.243 e. The number of carbonyl (C=O) groups excluding carboxylic acids is 1. The molecule has 0 bridgehead atoms. The van der Waals surface area contributed by atoms with Crippen molar-refractivity contribution in [1.82, 2.24) is 5.32 Å². The van der Waals surface area contributed by atoms with Gasteiger partial charge in [-0.3, -0.25) is 9.10 Å². The molecule has 0 aliphatic heterocycles. The van der Waals surface area contributed by atoms with Crippen molar-refractivity contribution in [3.8, 4) is 17.2 Å². The van der Waals surface area contributed by atoms with Crippen LogP contribution in [0.15, 0.2) is 36.4 Å².